The Morgan fingerprint density at radius 1 is 1.16 bits per heavy atom. The molecular formula is C26H34N2O2S. The lowest BCUT2D eigenvalue weighted by atomic mass is 9.98. The SMILES string of the molecule is CCCCCCC(=CC=CC(=O)NCCSCc1cccnc1)c1ccc(OC)cc1. The maximum atomic E-state index is 12.1. The van der Waals surface area contributed by atoms with Crippen LogP contribution in [0, 0.1) is 0 Å². The number of unbranched alkanes of at least 4 members (excludes halogenated alkanes) is 3. The summed E-state index contributed by atoms with van der Waals surface area (Å²) < 4.78 is 5.26. The molecule has 1 heterocycles. The molecule has 1 N–H and O–H groups in total. The second-order valence-electron chi connectivity index (χ2n) is 7.30. The summed E-state index contributed by atoms with van der Waals surface area (Å²) in [7, 11) is 1.68. The highest BCUT2D eigenvalue weighted by atomic mass is 32.2. The van der Waals surface area contributed by atoms with E-state index in [0.717, 1.165) is 30.1 Å². The Labute approximate surface area is 191 Å². The third-order valence-corrected chi connectivity index (χ3v) is 5.87. The van der Waals surface area contributed by atoms with Crippen LogP contribution in [0.4, 0.5) is 0 Å². The van der Waals surface area contributed by atoms with Crippen molar-refractivity contribution in [2.24, 2.45) is 0 Å². The smallest absolute Gasteiger partial charge is 0.244 e. The zero-order chi connectivity index (χ0) is 22.2. The number of thioether (sulfide) groups is 1. The molecule has 1 aromatic carbocycles. The summed E-state index contributed by atoms with van der Waals surface area (Å²) >= 11 is 1.79. The molecule has 0 unspecified atom stereocenters. The second-order valence-corrected chi connectivity index (χ2v) is 8.40. The molecule has 2 rings (SSSR count). The average Bonchev–Trinajstić information content (AvgIpc) is 2.81. The number of rotatable bonds is 14. The largest absolute Gasteiger partial charge is 0.497 e. The number of nitrogens with one attached hydrogen (secondary N) is 1. The first-order valence-corrected chi connectivity index (χ1v) is 12.1. The maximum absolute atomic E-state index is 12.1. The Morgan fingerprint density at radius 3 is 2.71 bits per heavy atom. The minimum absolute atomic E-state index is 0.0571. The summed E-state index contributed by atoms with van der Waals surface area (Å²) in [4.78, 5) is 16.2. The van der Waals surface area contributed by atoms with Crippen molar-refractivity contribution in [3.63, 3.8) is 0 Å². The molecule has 1 amide bonds. The van der Waals surface area contributed by atoms with Crippen molar-refractivity contribution in [3.05, 3.63) is 78.1 Å². The monoisotopic (exact) mass is 438 g/mol. The van der Waals surface area contributed by atoms with E-state index in [1.54, 1.807) is 31.1 Å². The molecule has 0 bridgehead atoms. The van der Waals surface area contributed by atoms with E-state index in [4.69, 9.17) is 4.74 Å². The Bertz CT molecular complexity index is 817. The zero-order valence-electron chi connectivity index (χ0n) is 18.7. The van der Waals surface area contributed by atoms with Crippen LogP contribution in [0.25, 0.3) is 5.57 Å². The van der Waals surface area contributed by atoms with Gasteiger partial charge in [-0.1, -0.05) is 56.5 Å². The summed E-state index contributed by atoms with van der Waals surface area (Å²) in [5, 5.41) is 2.95. The van der Waals surface area contributed by atoms with Gasteiger partial charge in [-0.2, -0.15) is 11.8 Å². The first kappa shape index (κ1) is 24.7. The minimum Gasteiger partial charge on any atom is -0.497 e. The Morgan fingerprint density at radius 2 is 2.00 bits per heavy atom. The summed E-state index contributed by atoms with van der Waals surface area (Å²) in [5.41, 5.74) is 3.62. The van der Waals surface area contributed by atoms with Gasteiger partial charge in [0.15, 0.2) is 0 Å². The molecule has 5 heteroatoms. The van der Waals surface area contributed by atoms with E-state index in [2.05, 4.69) is 41.5 Å². The van der Waals surface area contributed by atoms with Crippen LogP contribution >= 0.6 is 11.8 Å². The van der Waals surface area contributed by atoms with E-state index < -0.39 is 0 Å². The maximum Gasteiger partial charge on any atom is 0.244 e. The van der Waals surface area contributed by atoms with Gasteiger partial charge in [-0.3, -0.25) is 9.78 Å². The van der Waals surface area contributed by atoms with Gasteiger partial charge in [0.2, 0.25) is 5.91 Å². The normalized spacial score (nSPS) is 11.6. The molecule has 166 valence electrons. The van der Waals surface area contributed by atoms with E-state index in [1.807, 2.05) is 30.5 Å². The Kier molecular flexibility index (Phi) is 12.2. The first-order valence-electron chi connectivity index (χ1n) is 11.0. The van der Waals surface area contributed by atoms with Gasteiger partial charge in [0, 0.05) is 36.5 Å². The minimum atomic E-state index is -0.0571. The molecule has 4 nitrogen and oxygen atoms in total. The third-order valence-electron chi connectivity index (χ3n) is 4.84. The van der Waals surface area contributed by atoms with Crippen LogP contribution in [-0.2, 0) is 10.5 Å². The van der Waals surface area contributed by atoms with Crippen LogP contribution in [0.2, 0.25) is 0 Å². The predicted octanol–water partition coefficient (Wildman–Crippen LogP) is 6.05. The average molecular weight is 439 g/mol. The van der Waals surface area contributed by atoms with Gasteiger partial charge in [0.1, 0.15) is 5.75 Å². The number of allylic oxidation sites excluding steroid dienone is 3. The quantitative estimate of drug-likeness (QED) is 0.222. The highest BCUT2D eigenvalue weighted by Crippen LogP contribution is 2.24. The number of carbonyl (C=O) groups is 1. The predicted molar refractivity (Wildman–Crippen MR) is 132 cm³/mol. The zero-order valence-corrected chi connectivity index (χ0v) is 19.5. The fourth-order valence-corrected chi connectivity index (χ4v) is 3.90. The van der Waals surface area contributed by atoms with Crippen LogP contribution in [0.15, 0.2) is 67.0 Å². The number of pyridine rings is 1. The van der Waals surface area contributed by atoms with Crippen molar-refractivity contribution in [1.82, 2.24) is 10.3 Å². The molecule has 0 spiro atoms. The van der Waals surface area contributed by atoms with Gasteiger partial charge in [0.05, 0.1) is 7.11 Å². The summed E-state index contributed by atoms with van der Waals surface area (Å²) in [6.45, 7) is 2.87. The number of aromatic nitrogens is 1. The number of benzene rings is 1. The summed E-state index contributed by atoms with van der Waals surface area (Å²) in [6.07, 6.45) is 15.1. The summed E-state index contributed by atoms with van der Waals surface area (Å²) in [5.74, 6) is 2.58. The first-order chi connectivity index (χ1) is 15.2. The highest BCUT2D eigenvalue weighted by molar-refractivity contribution is 7.98. The Hall–Kier alpha value is -2.53. The lowest BCUT2D eigenvalue weighted by Gasteiger charge is -2.08. The number of hydrogen-bond acceptors (Lipinski definition) is 4. The van der Waals surface area contributed by atoms with Crippen LogP contribution in [-0.4, -0.2) is 30.3 Å². The molecule has 0 saturated heterocycles. The number of hydrogen-bond donors (Lipinski definition) is 1. The van der Waals surface area contributed by atoms with Crippen LogP contribution in [0.3, 0.4) is 0 Å². The molecule has 0 radical (unpaired) electrons. The van der Waals surface area contributed by atoms with Gasteiger partial charge in [-0.05, 0) is 47.7 Å². The van der Waals surface area contributed by atoms with Gasteiger partial charge < -0.3 is 10.1 Å². The number of nitrogens with zero attached hydrogens (tertiary/aromatic N) is 1. The van der Waals surface area contributed by atoms with Gasteiger partial charge in [0.25, 0.3) is 0 Å². The van der Waals surface area contributed by atoms with E-state index in [-0.39, 0.29) is 5.91 Å². The van der Waals surface area contributed by atoms with Crippen molar-refractivity contribution in [2.75, 3.05) is 19.4 Å². The van der Waals surface area contributed by atoms with Gasteiger partial charge in [-0.25, -0.2) is 0 Å². The third kappa shape index (κ3) is 10.4. The van der Waals surface area contributed by atoms with E-state index in [9.17, 15) is 4.79 Å². The fraction of sp³-hybridized carbons (Fsp3) is 0.385. The molecule has 0 fully saturated rings. The van der Waals surface area contributed by atoms with E-state index >= 15 is 0 Å². The highest BCUT2D eigenvalue weighted by Gasteiger charge is 2.02. The van der Waals surface area contributed by atoms with Crippen LogP contribution in [0.5, 0.6) is 5.75 Å². The second kappa shape index (κ2) is 15.3. The van der Waals surface area contributed by atoms with Crippen molar-refractivity contribution in [2.45, 2.75) is 44.8 Å². The molecule has 31 heavy (non-hydrogen) atoms. The molecular weight excluding hydrogens is 404 g/mol. The molecule has 0 saturated carbocycles. The molecule has 0 aliphatic carbocycles. The van der Waals surface area contributed by atoms with Crippen molar-refractivity contribution < 1.29 is 9.53 Å². The van der Waals surface area contributed by atoms with Gasteiger partial charge in [-0.15, -0.1) is 0 Å². The lowest BCUT2D eigenvalue weighted by Crippen LogP contribution is -2.23. The van der Waals surface area contributed by atoms with Crippen molar-refractivity contribution in [1.29, 1.82) is 0 Å². The molecule has 0 aliphatic heterocycles. The molecule has 0 atom stereocenters. The van der Waals surface area contributed by atoms with Crippen molar-refractivity contribution in [3.8, 4) is 5.75 Å². The van der Waals surface area contributed by atoms with Gasteiger partial charge >= 0.3 is 0 Å². The number of carbonyl (C=O) groups excluding carboxylic acids is 1. The topological polar surface area (TPSA) is 51.2 Å². The van der Waals surface area contributed by atoms with E-state index in [1.165, 1.54) is 36.0 Å². The number of amides is 1. The van der Waals surface area contributed by atoms with E-state index in [0.29, 0.717) is 6.54 Å². The lowest BCUT2D eigenvalue weighted by molar-refractivity contribution is -0.116. The van der Waals surface area contributed by atoms with Crippen LogP contribution in [0.1, 0.15) is 50.2 Å². The number of ether oxygens (including phenoxy) is 1. The Balaban J connectivity index is 1.81. The van der Waals surface area contributed by atoms with Crippen molar-refractivity contribution >= 4 is 23.2 Å². The molecule has 1 aromatic heterocycles. The molecule has 0 aliphatic rings. The standard InChI is InChI=1S/C26H34N2O2S/c1-3-4-5-6-10-23(24-13-15-25(30-2)16-14-24)11-7-12-26(29)28-18-19-31-21-22-9-8-17-27-20-22/h7-9,11-17,20H,3-6,10,18-19,21H2,1-2H3,(H,28,29). The number of methoxy groups -OCH3 is 1. The fourth-order valence-electron chi connectivity index (χ4n) is 3.10. The molecule has 2 aromatic rings. The van der Waals surface area contributed by atoms with Crippen LogP contribution < -0.4 is 10.1 Å². The summed E-state index contributed by atoms with van der Waals surface area (Å²) in [6, 6.07) is 12.1.